The lowest BCUT2D eigenvalue weighted by molar-refractivity contribution is -0.123. The Morgan fingerprint density at radius 2 is 1.00 bits per heavy atom. The molecular weight excluding hydrogens is 602 g/mol. The second-order valence-electron chi connectivity index (χ2n) is 13.5. The fourth-order valence-electron chi connectivity index (χ4n) is 5.56. The van der Waals surface area contributed by atoms with Gasteiger partial charge in [0.05, 0.1) is 17.0 Å². The van der Waals surface area contributed by atoms with E-state index in [1.807, 2.05) is 48.2 Å². The molecule has 4 aromatic carbocycles. The normalized spacial score (nSPS) is 13.6. The van der Waals surface area contributed by atoms with Gasteiger partial charge in [0.1, 0.15) is 11.5 Å². The summed E-state index contributed by atoms with van der Waals surface area (Å²) in [6, 6.07) is 27.9. The van der Waals surface area contributed by atoms with Crippen LogP contribution in [0.5, 0.6) is 11.5 Å². The van der Waals surface area contributed by atoms with E-state index >= 15 is 0 Å². The van der Waals surface area contributed by atoms with E-state index in [9.17, 15) is 22.8 Å². The molecule has 3 nitrogen and oxygen atoms in total. The number of hydrogen-bond acceptors (Lipinski definition) is 3. The third kappa shape index (κ3) is 7.14. The van der Waals surface area contributed by atoms with Crippen LogP contribution in [-0.2, 0) is 5.41 Å². The highest BCUT2D eigenvalue weighted by atomic mass is 19.3. The highest BCUT2D eigenvalue weighted by Gasteiger charge is 2.46. The van der Waals surface area contributed by atoms with Gasteiger partial charge in [0.2, 0.25) is 0 Å². The molecule has 5 rings (SSSR count). The molecule has 0 N–H and O–H groups in total. The summed E-state index contributed by atoms with van der Waals surface area (Å²) in [6.45, 7) is 10.4. The predicted molar refractivity (Wildman–Crippen MR) is 174 cm³/mol. The Morgan fingerprint density at radius 3 is 1.45 bits per heavy atom. The van der Waals surface area contributed by atoms with Gasteiger partial charge < -0.3 is 9.47 Å². The van der Waals surface area contributed by atoms with Gasteiger partial charge in [0.15, 0.2) is 0 Å². The van der Waals surface area contributed by atoms with Gasteiger partial charge in [-0.1, -0.05) is 66.4 Å². The van der Waals surface area contributed by atoms with Gasteiger partial charge in [-0.2, -0.15) is 22.8 Å². The smallest absolute Gasteiger partial charge is 0.423 e. The maximum absolute atomic E-state index is 14.6. The molecule has 238 valence electrons. The molecule has 0 atom stereocenters. The van der Waals surface area contributed by atoms with Gasteiger partial charge in [0, 0.05) is 22.7 Å². The van der Waals surface area contributed by atoms with E-state index in [2.05, 4.69) is 17.9 Å². The summed E-state index contributed by atoms with van der Waals surface area (Å²) in [5, 5.41) is 9.67. The van der Waals surface area contributed by atoms with Crippen molar-refractivity contribution in [2.75, 3.05) is 0 Å². The average molecular weight is 636 g/mol. The second kappa shape index (κ2) is 11.9. The lowest BCUT2D eigenvalue weighted by Crippen LogP contribution is -2.29. The molecule has 0 heterocycles. The van der Waals surface area contributed by atoms with E-state index < -0.39 is 28.5 Å². The molecule has 0 spiro atoms. The number of nitrogens with zero attached hydrogens (tertiary/aromatic N) is 1. The molecule has 1 aliphatic carbocycles. The molecule has 0 aromatic heterocycles. The molecule has 0 aliphatic heterocycles. The van der Waals surface area contributed by atoms with Crippen LogP contribution < -0.4 is 9.47 Å². The number of alkyl halides is 4. The van der Waals surface area contributed by atoms with Crippen molar-refractivity contribution >= 4 is 0 Å². The monoisotopic (exact) mass is 635 g/mol. The van der Waals surface area contributed by atoms with E-state index in [0.29, 0.717) is 16.7 Å². The largest absolute Gasteiger partial charge is 0.468 e. The molecule has 0 radical (unpaired) electrons. The van der Waals surface area contributed by atoms with Crippen LogP contribution in [0, 0.1) is 45.8 Å². The second-order valence-corrected chi connectivity index (χ2v) is 13.5. The first-order valence-electron chi connectivity index (χ1n) is 15.0. The van der Waals surface area contributed by atoms with Crippen molar-refractivity contribution in [1.82, 2.24) is 0 Å². The summed E-state index contributed by atoms with van der Waals surface area (Å²) in [5.41, 5.74) is 3.04. The van der Waals surface area contributed by atoms with Crippen molar-refractivity contribution in [2.24, 2.45) is 10.8 Å². The fraction of sp³-hybridized carbons (Fsp3) is 0.275. The Bertz CT molecular complexity index is 1880. The van der Waals surface area contributed by atoms with Gasteiger partial charge in [-0.3, -0.25) is 0 Å². The molecule has 0 unspecified atom stereocenters. The fourth-order valence-corrected chi connectivity index (χ4v) is 5.56. The van der Waals surface area contributed by atoms with Crippen molar-refractivity contribution in [3.63, 3.8) is 0 Å². The zero-order chi connectivity index (χ0) is 34.3. The van der Waals surface area contributed by atoms with Crippen LogP contribution in [-0.4, -0.2) is 12.2 Å². The first-order valence-corrected chi connectivity index (χ1v) is 15.0. The van der Waals surface area contributed by atoms with Gasteiger partial charge in [-0.05, 0) is 111 Å². The summed E-state index contributed by atoms with van der Waals surface area (Å²) in [6.07, 6.45) is -7.41. The minimum absolute atomic E-state index is 0.0780. The summed E-state index contributed by atoms with van der Waals surface area (Å²) in [7, 11) is 0. The highest BCUT2D eigenvalue weighted by molar-refractivity contribution is 5.87. The number of nitriles is 1. The Morgan fingerprint density at radius 1 is 0.553 bits per heavy atom. The maximum atomic E-state index is 14.6. The van der Waals surface area contributed by atoms with Crippen LogP contribution in [0.1, 0.15) is 69.4 Å². The van der Waals surface area contributed by atoms with Crippen molar-refractivity contribution < 1.29 is 27.0 Å². The van der Waals surface area contributed by atoms with Crippen molar-refractivity contribution in [3.8, 4) is 52.4 Å². The first kappa shape index (κ1) is 33.2. The number of halogens is 4. The zero-order valence-electron chi connectivity index (χ0n) is 26.9. The topological polar surface area (TPSA) is 42.2 Å². The third-order valence-corrected chi connectivity index (χ3v) is 7.41. The molecule has 0 saturated heterocycles. The summed E-state index contributed by atoms with van der Waals surface area (Å²) < 4.78 is 68.4. The number of fused-ring (bicyclic) bond motifs is 3. The molecule has 4 aromatic rings. The Balaban J connectivity index is 1.63. The zero-order valence-corrected chi connectivity index (χ0v) is 26.9. The van der Waals surface area contributed by atoms with E-state index in [1.165, 1.54) is 24.3 Å². The molecule has 7 heteroatoms. The van der Waals surface area contributed by atoms with E-state index in [0.717, 1.165) is 22.3 Å². The molecule has 0 amide bonds. The summed E-state index contributed by atoms with van der Waals surface area (Å²) >= 11 is 0. The van der Waals surface area contributed by atoms with Gasteiger partial charge in [-0.25, -0.2) is 0 Å². The molecule has 0 saturated carbocycles. The maximum Gasteiger partial charge on any atom is 0.468 e. The highest BCUT2D eigenvalue weighted by Crippen LogP contribution is 2.56. The minimum atomic E-state index is -3.71. The van der Waals surface area contributed by atoms with Crippen LogP contribution in [0.3, 0.4) is 0 Å². The Kier molecular flexibility index (Phi) is 8.38. The van der Waals surface area contributed by atoms with Crippen LogP contribution in [0.25, 0.3) is 11.1 Å². The molecule has 0 fully saturated rings. The molecular formula is C40H33F4NO2. The van der Waals surface area contributed by atoms with Crippen LogP contribution in [0.2, 0.25) is 0 Å². The number of rotatable bonds is 6. The van der Waals surface area contributed by atoms with Crippen LogP contribution >= 0.6 is 0 Å². The van der Waals surface area contributed by atoms with E-state index in [-0.39, 0.29) is 11.5 Å². The Labute approximate surface area is 273 Å². The minimum Gasteiger partial charge on any atom is -0.423 e. The first-order chi connectivity index (χ1) is 21.9. The van der Waals surface area contributed by atoms with Crippen LogP contribution in [0.15, 0.2) is 91.0 Å². The summed E-state index contributed by atoms with van der Waals surface area (Å²) in [4.78, 5) is 0. The van der Waals surface area contributed by atoms with E-state index in [4.69, 9.17) is 9.47 Å². The lowest BCUT2D eigenvalue weighted by Gasteiger charge is -2.34. The van der Waals surface area contributed by atoms with Gasteiger partial charge in [0.25, 0.3) is 0 Å². The average Bonchev–Trinajstić information content (AvgIpc) is 3.29. The Hall–Kier alpha value is -5.19. The molecule has 47 heavy (non-hydrogen) atoms. The molecule has 1 aliphatic rings. The quantitative estimate of drug-likeness (QED) is 0.138. The predicted octanol–water partition coefficient (Wildman–Crippen LogP) is 9.96. The van der Waals surface area contributed by atoms with Crippen molar-refractivity contribution in [3.05, 3.63) is 119 Å². The number of hydrogen-bond donors (Lipinski definition) is 0. The number of benzene rings is 4. The SMILES string of the molecule is CC(C)(C)C#CC(F)(F)Oc1ccc(C2(c3ccc(OC(F)(F)C#CC(C)(C)C)cc3)c3ccccc3-c3cc(C#N)ccc32)cc1. The van der Waals surface area contributed by atoms with Gasteiger partial charge in [-0.15, -0.1) is 0 Å². The van der Waals surface area contributed by atoms with Gasteiger partial charge >= 0.3 is 12.2 Å². The van der Waals surface area contributed by atoms with E-state index in [1.54, 1.807) is 71.9 Å². The summed E-state index contributed by atoms with van der Waals surface area (Å²) in [5.74, 6) is 8.71. The number of ether oxygens (including phenoxy) is 2. The standard InChI is InChI=1S/C40H33F4NO2/c1-36(2,3)21-23-38(41,42)46-30-16-12-28(13-17-30)40(29-14-18-31(19-15-29)47-39(43,44)24-22-37(4,5)6)34-10-8-7-9-32(34)33-25-27(26-45)11-20-35(33)40/h7-20,25H,1-6H3. The lowest BCUT2D eigenvalue weighted by atomic mass is 9.67. The third-order valence-electron chi connectivity index (χ3n) is 7.41. The van der Waals surface area contributed by atoms with Crippen molar-refractivity contribution in [2.45, 2.75) is 59.2 Å². The molecule has 0 bridgehead atoms. The van der Waals surface area contributed by atoms with Crippen LogP contribution in [0.4, 0.5) is 17.6 Å². The van der Waals surface area contributed by atoms with Crippen molar-refractivity contribution in [1.29, 1.82) is 5.26 Å².